The predicted molar refractivity (Wildman–Crippen MR) is 60.9 cm³/mol. The lowest BCUT2D eigenvalue weighted by Gasteiger charge is -2.27. The zero-order valence-corrected chi connectivity index (χ0v) is 9.86. The van der Waals surface area contributed by atoms with Gasteiger partial charge in [-0.05, 0) is 21.0 Å². The molecule has 0 saturated heterocycles. The highest BCUT2D eigenvalue weighted by molar-refractivity contribution is 5.25. The number of hydrogen-bond donors (Lipinski definition) is 2. The van der Waals surface area contributed by atoms with E-state index in [2.05, 4.69) is 10.3 Å². The summed E-state index contributed by atoms with van der Waals surface area (Å²) in [5.41, 5.74) is -0.755. The van der Waals surface area contributed by atoms with Crippen LogP contribution in [-0.4, -0.2) is 52.3 Å². The van der Waals surface area contributed by atoms with Gasteiger partial charge in [0.25, 0.3) is 0 Å². The van der Waals surface area contributed by atoms with Crippen LogP contribution in [0.2, 0.25) is 0 Å². The van der Waals surface area contributed by atoms with Crippen LogP contribution in [0.25, 0.3) is 0 Å². The number of hydrogen-bond acceptors (Lipinski definition) is 4. The first-order valence-corrected chi connectivity index (χ1v) is 4.99. The average Bonchev–Trinajstić information content (AvgIpc) is 2.45. The Balaban J connectivity index is 2.46. The molecule has 0 fully saturated rings. The molecular formula is C10H20N4O. The molecule has 2 N–H and O–H groups in total. The lowest BCUT2D eigenvalue weighted by molar-refractivity contribution is 0.0458. The van der Waals surface area contributed by atoms with Crippen molar-refractivity contribution in [2.24, 2.45) is 7.05 Å². The van der Waals surface area contributed by atoms with Gasteiger partial charge in [-0.15, -0.1) is 0 Å². The van der Waals surface area contributed by atoms with Gasteiger partial charge in [-0.3, -0.25) is 0 Å². The monoisotopic (exact) mass is 212 g/mol. The van der Waals surface area contributed by atoms with Crippen molar-refractivity contribution in [2.45, 2.75) is 12.5 Å². The fourth-order valence-corrected chi connectivity index (χ4v) is 1.54. The van der Waals surface area contributed by atoms with Crippen molar-refractivity contribution < 1.29 is 5.11 Å². The van der Waals surface area contributed by atoms with E-state index in [-0.39, 0.29) is 0 Å². The highest BCUT2D eigenvalue weighted by Gasteiger charge is 2.21. The van der Waals surface area contributed by atoms with Gasteiger partial charge in [0.2, 0.25) is 5.95 Å². The molecule has 0 aliphatic rings. The summed E-state index contributed by atoms with van der Waals surface area (Å²) in [6.07, 6.45) is 3.59. The largest absolute Gasteiger partial charge is 0.387 e. The number of anilines is 1. The van der Waals surface area contributed by atoms with E-state index in [0.717, 1.165) is 5.95 Å². The van der Waals surface area contributed by atoms with Crippen LogP contribution in [0.3, 0.4) is 0 Å². The summed E-state index contributed by atoms with van der Waals surface area (Å²) in [7, 11) is 5.79. The molecule has 1 aromatic heterocycles. The number of nitrogens with zero attached hydrogens (tertiary/aromatic N) is 3. The lowest BCUT2D eigenvalue weighted by atomic mass is 10.1. The maximum Gasteiger partial charge on any atom is 0.202 e. The summed E-state index contributed by atoms with van der Waals surface area (Å²) in [5, 5.41) is 13.1. The molecule has 1 atom stereocenters. The van der Waals surface area contributed by atoms with Crippen LogP contribution in [0, 0.1) is 0 Å². The van der Waals surface area contributed by atoms with Crippen LogP contribution in [0.1, 0.15) is 6.92 Å². The predicted octanol–water partition coefficient (Wildman–Crippen LogP) is 0.145. The van der Waals surface area contributed by atoms with Crippen LogP contribution >= 0.6 is 0 Å². The first-order chi connectivity index (χ1) is 6.91. The van der Waals surface area contributed by atoms with Crippen molar-refractivity contribution in [3.05, 3.63) is 12.4 Å². The second-order valence-electron chi connectivity index (χ2n) is 4.45. The van der Waals surface area contributed by atoms with Gasteiger partial charge in [-0.25, -0.2) is 4.98 Å². The molecule has 5 nitrogen and oxygen atoms in total. The Morgan fingerprint density at radius 3 is 2.73 bits per heavy atom. The second kappa shape index (κ2) is 4.63. The second-order valence-corrected chi connectivity index (χ2v) is 4.45. The number of likely N-dealkylation sites (N-methyl/N-ethyl adjacent to an activating group) is 1. The summed E-state index contributed by atoms with van der Waals surface area (Å²) in [6, 6.07) is 0. The molecule has 1 rings (SSSR count). The molecular weight excluding hydrogens is 192 g/mol. The Labute approximate surface area is 90.7 Å². The maximum absolute atomic E-state index is 10.0. The number of aliphatic hydroxyl groups is 1. The van der Waals surface area contributed by atoms with Crippen LogP contribution in [0.4, 0.5) is 5.95 Å². The van der Waals surface area contributed by atoms with Gasteiger partial charge in [0.05, 0.1) is 5.60 Å². The van der Waals surface area contributed by atoms with E-state index < -0.39 is 5.60 Å². The Morgan fingerprint density at radius 1 is 1.60 bits per heavy atom. The molecule has 0 saturated carbocycles. The normalized spacial score (nSPS) is 15.3. The Bertz CT molecular complexity index is 306. The molecule has 0 aliphatic carbocycles. The van der Waals surface area contributed by atoms with Gasteiger partial charge >= 0.3 is 0 Å². The Hall–Kier alpha value is -1.07. The van der Waals surface area contributed by atoms with Crippen molar-refractivity contribution in [2.75, 3.05) is 32.5 Å². The minimum absolute atomic E-state index is 0.482. The molecule has 86 valence electrons. The Morgan fingerprint density at radius 2 is 2.27 bits per heavy atom. The molecule has 0 radical (unpaired) electrons. The highest BCUT2D eigenvalue weighted by Crippen LogP contribution is 2.07. The average molecular weight is 212 g/mol. The summed E-state index contributed by atoms with van der Waals surface area (Å²) in [6.45, 7) is 2.91. The van der Waals surface area contributed by atoms with Crippen molar-refractivity contribution in [3.8, 4) is 0 Å². The topological polar surface area (TPSA) is 53.3 Å². The minimum atomic E-state index is -0.755. The standard InChI is InChI=1S/C10H20N4O/c1-10(15,8-13(2)3)7-12-9-11-5-6-14(9)4/h5-6,15H,7-8H2,1-4H3,(H,11,12). The van der Waals surface area contributed by atoms with Crippen LogP contribution in [0.5, 0.6) is 0 Å². The van der Waals surface area contributed by atoms with Crippen molar-refractivity contribution in [1.82, 2.24) is 14.5 Å². The maximum atomic E-state index is 10.0. The summed E-state index contributed by atoms with van der Waals surface area (Å²) in [5.74, 6) is 0.772. The van der Waals surface area contributed by atoms with E-state index in [4.69, 9.17) is 0 Å². The van der Waals surface area contributed by atoms with E-state index in [0.29, 0.717) is 13.1 Å². The molecule has 15 heavy (non-hydrogen) atoms. The lowest BCUT2D eigenvalue weighted by Crippen LogP contribution is -2.43. The smallest absolute Gasteiger partial charge is 0.202 e. The quantitative estimate of drug-likeness (QED) is 0.729. The molecule has 1 unspecified atom stereocenters. The SMILES string of the molecule is CN(C)CC(C)(O)CNc1nccn1C. The van der Waals surface area contributed by atoms with Crippen molar-refractivity contribution >= 4 is 5.95 Å². The third-order valence-electron chi connectivity index (χ3n) is 2.11. The van der Waals surface area contributed by atoms with Crippen molar-refractivity contribution in [1.29, 1.82) is 0 Å². The van der Waals surface area contributed by atoms with E-state index in [9.17, 15) is 5.11 Å². The molecule has 0 aliphatic heterocycles. The highest BCUT2D eigenvalue weighted by atomic mass is 16.3. The third-order valence-corrected chi connectivity index (χ3v) is 2.11. The summed E-state index contributed by atoms with van der Waals surface area (Å²) < 4.78 is 1.88. The molecule has 5 heteroatoms. The molecule has 1 heterocycles. The number of aromatic nitrogens is 2. The van der Waals surface area contributed by atoms with Gasteiger partial charge in [0, 0.05) is 32.5 Å². The third kappa shape index (κ3) is 3.89. The van der Waals surface area contributed by atoms with Gasteiger partial charge in [0.15, 0.2) is 0 Å². The first-order valence-electron chi connectivity index (χ1n) is 4.99. The molecule has 0 aromatic carbocycles. The fraction of sp³-hybridized carbons (Fsp3) is 0.700. The van der Waals surface area contributed by atoms with Crippen molar-refractivity contribution in [3.63, 3.8) is 0 Å². The molecule has 0 bridgehead atoms. The number of rotatable bonds is 5. The number of aryl methyl sites for hydroxylation is 1. The Kier molecular flexibility index (Phi) is 3.71. The van der Waals surface area contributed by atoms with E-state index in [1.54, 1.807) is 6.20 Å². The minimum Gasteiger partial charge on any atom is -0.387 e. The van der Waals surface area contributed by atoms with E-state index in [1.807, 2.05) is 43.7 Å². The first kappa shape index (κ1) is 12.0. The van der Waals surface area contributed by atoms with Gasteiger partial charge < -0.3 is 19.9 Å². The fourth-order valence-electron chi connectivity index (χ4n) is 1.54. The number of imidazole rings is 1. The molecule has 0 amide bonds. The van der Waals surface area contributed by atoms with Crippen LogP contribution in [0.15, 0.2) is 12.4 Å². The van der Waals surface area contributed by atoms with Gasteiger partial charge in [-0.2, -0.15) is 0 Å². The summed E-state index contributed by atoms with van der Waals surface area (Å²) >= 11 is 0. The van der Waals surface area contributed by atoms with Gasteiger partial charge in [-0.1, -0.05) is 0 Å². The summed E-state index contributed by atoms with van der Waals surface area (Å²) in [4.78, 5) is 6.08. The van der Waals surface area contributed by atoms with Crippen LogP contribution in [-0.2, 0) is 7.05 Å². The zero-order chi connectivity index (χ0) is 11.5. The zero-order valence-electron chi connectivity index (χ0n) is 9.86. The number of nitrogens with one attached hydrogen (secondary N) is 1. The van der Waals surface area contributed by atoms with E-state index >= 15 is 0 Å². The van der Waals surface area contributed by atoms with Gasteiger partial charge in [0.1, 0.15) is 0 Å². The molecule has 1 aromatic rings. The van der Waals surface area contributed by atoms with Crippen LogP contribution < -0.4 is 5.32 Å². The molecule has 0 spiro atoms. The van der Waals surface area contributed by atoms with E-state index in [1.165, 1.54) is 0 Å².